The van der Waals surface area contributed by atoms with E-state index in [2.05, 4.69) is 0 Å². The van der Waals surface area contributed by atoms with Gasteiger partial charge in [0.25, 0.3) is 0 Å². The molecule has 0 spiro atoms. The van der Waals surface area contributed by atoms with Gasteiger partial charge in [0, 0.05) is 7.05 Å². The highest BCUT2D eigenvalue weighted by atomic mass is 32.2. The number of carbonyl (C=O) groups is 1. The molecule has 0 bridgehead atoms. The van der Waals surface area contributed by atoms with Gasteiger partial charge in [-0.05, 0) is 19.8 Å². The van der Waals surface area contributed by atoms with Gasteiger partial charge in [0.15, 0.2) is 0 Å². The molecular formula is C9H17NO4S. The molecule has 0 aromatic carbocycles. The molecule has 5 nitrogen and oxygen atoms in total. The molecular weight excluding hydrogens is 218 g/mol. The van der Waals surface area contributed by atoms with E-state index in [4.69, 9.17) is 5.11 Å². The van der Waals surface area contributed by atoms with Gasteiger partial charge in [-0.3, -0.25) is 4.79 Å². The third kappa shape index (κ3) is 2.49. The normalized spacial score (nSPS) is 20.7. The van der Waals surface area contributed by atoms with Gasteiger partial charge in [-0.25, -0.2) is 8.42 Å². The molecule has 1 aliphatic rings. The SMILES string of the molecule is CC(C(=O)O)N(C)S(=O)(=O)C1CCCC1. The van der Waals surface area contributed by atoms with Crippen LogP contribution in [0.3, 0.4) is 0 Å². The van der Waals surface area contributed by atoms with Crippen LogP contribution in [0, 0.1) is 0 Å². The van der Waals surface area contributed by atoms with Gasteiger partial charge in [0.1, 0.15) is 6.04 Å². The number of likely N-dealkylation sites (N-methyl/N-ethyl adjacent to an activating group) is 1. The number of rotatable bonds is 4. The minimum atomic E-state index is -3.43. The molecule has 6 heteroatoms. The maximum atomic E-state index is 11.9. The van der Waals surface area contributed by atoms with Crippen LogP contribution in [0.2, 0.25) is 0 Å². The molecule has 0 amide bonds. The number of aliphatic carboxylic acids is 1. The van der Waals surface area contributed by atoms with Crippen LogP contribution >= 0.6 is 0 Å². The van der Waals surface area contributed by atoms with Crippen molar-refractivity contribution in [2.75, 3.05) is 7.05 Å². The summed E-state index contributed by atoms with van der Waals surface area (Å²) >= 11 is 0. The predicted molar refractivity (Wildman–Crippen MR) is 56.0 cm³/mol. The maximum absolute atomic E-state index is 11.9. The van der Waals surface area contributed by atoms with Gasteiger partial charge in [0.05, 0.1) is 5.25 Å². The summed E-state index contributed by atoms with van der Waals surface area (Å²) in [7, 11) is -2.09. The van der Waals surface area contributed by atoms with Crippen molar-refractivity contribution in [2.24, 2.45) is 0 Å². The van der Waals surface area contributed by atoms with E-state index in [9.17, 15) is 13.2 Å². The number of hydrogen-bond donors (Lipinski definition) is 1. The Labute approximate surface area is 90.1 Å². The fraction of sp³-hybridized carbons (Fsp3) is 0.889. The Kier molecular flexibility index (Phi) is 3.72. The summed E-state index contributed by atoms with van der Waals surface area (Å²) in [6.07, 6.45) is 3.14. The lowest BCUT2D eigenvalue weighted by atomic mass is 10.4. The lowest BCUT2D eigenvalue weighted by Gasteiger charge is -2.24. The molecule has 1 atom stereocenters. The number of nitrogens with zero attached hydrogens (tertiary/aromatic N) is 1. The van der Waals surface area contributed by atoms with Crippen LogP contribution in [0.15, 0.2) is 0 Å². The third-order valence-corrected chi connectivity index (χ3v) is 5.46. The minimum Gasteiger partial charge on any atom is -0.480 e. The highest BCUT2D eigenvalue weighted by Gasteiger charge is 2.36. The molecule has 1 fully saturated rings. The number of carboxylic acid groups (broad SMARTS) is 1. The van der Waals surface area contributed by atoms with Crippen molar-refractivity contribution in [2.45, 2.75) is 43.9 Å². The number of carboxylic acids is 1. The molecule has 0 saturated heterocycles. The van der Waals surface area contributed by atoms with E-state index in [1.807, 2.05) is 0 Å². The van der Waals surface area contributed by atoms with Crippen molar-refractivity contribution in [1.82, 2.24) is 4.31 Å². The Morgan fingerprint density at radius 3 is 2.27 bits per heavy atom. The molecule has 1 aliphatic carbocycles. The summed E-state index contributed by atoms with van der Waals surface area (Å²) < 4.78 is 24.9. The number of hydrogen-bond acceptors (Lipinski definition) is 3. The monoisotopic (exact) mass is 235 g/mol. The van der Waals surface area contributed by atoms with E-state index in [0.717, 1.165) is 17.1 Å². The second kappa shape index (κ2) is 4.49. The second-order valence-corrected chi connectivity index (χ2v) is 6.25. The van der Waals surface area contributed by atoms with Crippen LogP contribution in [0.25, 0.3) is 0 Å². The van der Waals surface area contributed by atoms with Crippen LogP contribution in [0.5, 0.6) is 0 Å². The van der Waals surface area contributed by atoms with Gasteiger partial charge in [0.2, 0.25) is 10.0 Å². The average Bonchev–Trinajstić information content (AvgIpc) is 2.68. The Bertz CT molecular complexity index is 332. The average molecular weight is 235 g/mol. The third-order valence-electron chi connectivity index (χ3n) is 3.03. The van der Waals surface area contributed by atoms with Gasteiger partial charge in [-0.2, -0.15) is 4.31 Å². The zero-order chi connectivity index (χ0) is 11.6. The molecule has 1 unspecified atom stereocenters. The molecule has 1 N–H and O–H groups in total. The van der Waals surface area contributed by atoms with E-state index >= 15 is 0 Å². The topological polar surface area (TPSA) is 74.7 Å². The summed E-state index contributed by atoms with van der Waals surface area (Å²) in [5.41, 5.74) is 0. The smallest absolute Gasteiger partial charge is 0.321 e. The first-order valence-electron chi connectivity index (χ1n) is 5.07. The molecule has 0 aromatic rings. The molecule has 1 rings (SSSR count). The zero-order valence-electron chi connectivity index (χ0n) is 9.01. The van der Waals surface area contributed by atoms with Crippen molar-refractivity contribution in [1.29, 1.82) is 0 Å². The molecule has 1 saturated carbocycles. The maximum Gasteiger partial charge on any atom is 0.321 e. The van der Waals surface area contributed by atoms with E-state index in [0.29, 0.717) is 12.8 Å². The molecule has 0 aromatic heterocycles. The Balaban J connectivity index is 2.80. The van der Waals surface area contributed by atoms with Crippen molar-refractivity contribution in [3.8, 4) is 0 Å². The summed E-state index contributed by atoms with van der Waals surface area (Å²) in [6, 6.07) is -0.990. The second-order valence-electron chi connectivity index (χ2n) is 3.98. The standard InChI is InChI=1S/C9H17NO4S/c1-7(9(11)12)10(2)15(13,14)8-5-3-4-6-8/h7-8H,3-6H2,1-2H3,(H,11,12). The predicted octanol–water partition coefficient (Wildman–Crippen LogP) is 0.664. The van der Waals surface area contributed by atoms with E-state index < -0.39 is 22.0 Å². The summed E-state index contributed by atoms with van der Waals surface area (Å²) in [5.74, 6) is -1.11. The van der Waals surface area contributed by atoms with Crippen molar-refractivity contribution >= 4 is 16.0 Å². The lowest BCUT2D eigenvalue weighted by Crippen LogP contribution is -2.44. The Hall–Kier alpha value is -0.620. The van der Waals surface area contributed by atoms with E-state index in [-0.39, 0.29) is 5.25 Å². The van der Waals surface area contributed by atoms with Crippen molar-refractivity contribution < 1.29 is 18.3 Å². The Morgan fingerprint density at radius 1 is 1.40 bits per heavy atom. The number of sulfonamides is 1. The summed E-state index contributed by atoms with van der Waals surface area (Å²) in [6.45, 7) is 1.38. The molecule has 0 heterocycles. The summed E-state index contributed by atoms with van der Waals surface area (Å²) in [5, 5.41) is 8.37. The zero-order valence-corrected chi connectivity index (χ0v) is 9.83. The van der Waals surface area contributed by atoms with Crippen LogP contribution in [0.1, 0.15) is 32.6 Å². The molecule has 15 heavy (non-hydrogen) atoms. The van der Waals surface area contributed by atoms with Crippen molar-refractivity contribution in [3.63, 3.8) is 0 Å². The first-order valence-corrected chi connectivity index (χ1v) is 6.57. The highest BCUT2D eigenvalue weighted by Crippen LogP contribution is 2.27. The van der Waals surface area contributed by atoms with Crippen molar-refractivity contribution in [3.05, 3.63) is 0 Å². The highest BCUT2D eigenvalue weighted by molar-refractivity contribution is 7.89. The first-order chi connectivity index (χ1) is 6.87. The van der Waals surface area contributed by atoms with E-state index in [1.165, 1.54) is 14.0 Å². The van der Waals surface area contributed by atoms with Crippen LogP contribution in [-0.4, -0.2) is 42.1 Å². The fourth-order valence-corrected chi connectivity index (χ4v) is 3.73. The summed E-state index contributed by atoms with van der Waals surface area (Å²) in [4.78, 5) is 10.7. The molecule has 0 aliphatic heterocycles. The van der Waals surface area contributed by atoms with Gasteiger partial charge < -0.3 is 5.11 Å². The largest absolute Gasteiger partial charge is 0.480 e. The van der Waals surface area contributed by atoms with Crippen LogP contribution < -0.4 is 0 Å². The fourth-order valence-electron chi connectivity index (χ4n) is 1.80. The lowest BCUT2D eigenvalue weighted by molar-refractivity contribution is -0.140. The van der Waals surface area contributed by atoms with E-state index in [1.54, 1.807) is 0 Å². The molecule has 88 valence electrons. The Morgan fingerprint density at radius 2 is 1.87 bits per heavy atom. The van der Waals surface area contributed by atoms with Crippen LogP contribution in [0.4, 0.5) is 0 Å². The van der Waals surface area contributed by atoms with Gasteiger partial charge in [-0.1, -0.05) is 12.8 Å². The molecule has 0 radical (unpaired) electrons. The van der Waals surface area contributed by atoms with Crippen LogP contribution in [-0.2, 0) is 14.8 Å². The first kappa shape index (κ1) is 12.4. The minimum absolute atomic E-state index is 0.385. The van der Waals surface area contributed by atoms with Gasteiger partial charge in [-0.15, -0.1) is 0 Å². The van der Waals surface area contributed by atoms with Gasteiger partial charge >= 0.3 is 5.97 Å². The quantitative estimate of drug-likeness (QED) is 0.777.